The summed E-state index contributed by atoms with van der Waals surface area (Å²) in [7, 11) is 0. The van der Waals surface area contributed by atoms with Gasteiger partial charge in [0.2, 0.25) is 5.91 Å². The average molecular weight is 337 g/mol. The van der Waals surface area contributed by atoms with E-state index in [4.69, 9.17) is 0 Å². The molecule has 0 unspecified atom stereocenters. The Kier molecular flexibility index (Phi) is 5.89. The van der Waals surface area contributed by atoms with Gasteiger partial charge in [-0.25, -0.2) is 9.78 Å². The van der Waals surface area contributed by atoms with E-state index < -0.39 is 6.03 Å². The Bertz CT molecular complexity index is 571. The molecule has 0 radical (unpaired) electrons. The first-order valence-corrected chi connectivity index (χ1v) is 8.16. The molecule has 1 saturated heterocycles. The number of hydrogen-bond donors (Lipinski definition) is 3. The van der Waals surface area contributed by atoms with Crippen LogP contribution in [-0.2, 0) is 11.3 Å². The number of rotatable bonds is 4. The van der Waals surface area contributed by atoms with Gasteiger partial charge in [0, 0.05) is 31.7 Å². The number of carbonyl (C=O) groups is 2. The summed E-state index contributed by atoms with van der Waals surface area (Å²) in [5.74, 6) is 1.32. The van der Waals surface area contributed by atoms with Crippen molar-refractivity contribution in [2.75, 3.05) is 32.7 Å². The normalized spacial score (nSPS) is 16.8. The first-order chi connectivity index (χ1) is 11.2. The largest absolute Gasteiger partial charge is 0.333 e. The minimum Gasteiger partial charge on any atom is -0.333 e. The van der Waals surface area contributed by atoms with Crippen LogP contribution in [0.2, 0.25) is 0 Å². The molecule has 2 heterocycles. The highest BCUT2D eigenvalue weighted by Crippen LogP contribution is 2.05. The summed E-state index contributed by atoms with van der Waals surface area (Å²) in [5.41, 5.74) is -0.366. The number of H-pyrrole nitrogens is 1. The van der Waals surface area contributed by atoms with Crippen LogP contribution < -0.4 is 10.6 Å². The minimum atomic E-state index is -0.453. The fraction of sp³-hybridized carbons (Fsp3) is 0.733. The SMILES string of the molecule is Cc1nc(CN2CCN(CC(=O)NC(=O)NC(C)(C)C)CC2)n[nH]1. The summed E-state index contributed by atoms with van der Waals surface area (Å²) in [6, 6.07) is -0.453. The van der Waals surface area contributed by atoms with Crippen LogP contribution in [0.3, 0.4) is 0 Å². The number of aryl methyl sites for hydroxylation is 1. The number of nitrogens with zero attached hydrogens (tertiary/aromatic N) is 4. The van der Waals surface area contributed by atoms with Gasteiger partial charge in [-0.2, -0.15) is 5.10 Å². The predicted molar refractivity (Wildman–Crippen MR) is 89.3 cm³/mol. The zero-order chi connectivity index (χ0) is 17.7. The Morgan fingerprint density at radius 1 is 1.17 bits per heavy atom. The van der Waals surface area contributed by atoms with Crippen LogP contribution in [0.4, 0.5) is 4.79 Å². The maximum Gasteiger partial charge on any atom is 0.321 e. The highest BCUT2D eigenvalue weighted by atomic mass is 16.2. The topological polar surface area (TPSA) is 106 Å². The number of nitrogens with one attached hydrogen (secondary N) is 3. The second kappa shape index (κ2) is 7.71. The van der Waals surface area contributed by atoms with E-state index >= 15 is 0 Å². The lowest BCUT2D eigenvalue weighted by Gasteiger charge is -2.33. The molecule has 1 aliphatic rings. The molecule has 3 amide bonds. The molecule has 1 aromatic rings. The number of piperazine rings is 1. The second-order valence-corrected chi connectivity index (χ2v) is 7.14. The molecule has 1 aliphatic heterocycles. The van der Waals surface area contributed by atoms with Gasteiger partial charge in [-0.1, -0.05) is 0 Å². The number of imide groups is 1. The monoisotopic (exact) mass is 337 g/mol. The Balaban J connectivity index is 1.68. The third-order valence-electron chi connectivity index (χ3n) is 3.58. The van der Waals surface area contributed by atoms with E-state index in [-0.39, 0.29) is 18.0 Å². The van der Waals surface area contributed by atoms with E-state index in [9.17, 15) is 9.59 Å². The Labute approximate surface area is 142 Å². The van der Waals surface area contributed by atoms with Crippen molar-refractivity contribution in [1.29, 1.82) is 0 Å². The maximum absolute atomic E-state index is 11.9. The van der Waals surface area contributed by atoms with Gasteiger partial charge in [-0.15, -0.1) is 0 Å². The van der Waals surface area contributed by atoms with Crippen molar-refractivity contribution >= 4 is 11.9 Å². The highest BCUT2D eigenvalue weighted by molar-refractivity contribution is 5.95. The fourth-order valence-corrected chi connectivity index (χ4v) is 2.51. The summed E-state index contributed by atoms with van der Waals surface area (Å²) in [6.45, 7) is 11.6. The number of urea groups is 1. The number of aromatic amines is 1. The molecule has 0 aliphatic carbocycles. The lowest BCUT2D eigenvalue weighted by atomic mass is 10.1. The first-order valence-electron chi connectivity index (χ1n) is 8.16. The minimum absolute atomic E-state index is 0.227. The van der Waals surface area contributed by atoms with E-state index in [0.29, 0.717) is 6.54 Å². The Hall–Kier alpha value is -2.00. The predicted octanol–water partition coefficient (Wildman–Crippen LogP) is -0.145. The number of hydrogen-bond acceptors (Lipinski definition) is 6. The third-order valence-corrected chi connectivity index (χ3v) is 3.58. The molecule has 2 rings (SSSR count). The molecule has 0 aromatic carbocycles. The van der Waals surface area contributed by atoms with Crippen LogP contribution >= 0.6 is 0 Å². The smallest absolute Gasteiger partial charge is 0.321 e. The zero-order valence-corrected chi connectivity index (χ0v) is 14.8. The van der Waals surface area contributed by atoms with Crippen molar-refractivity contribution in [2.45, 2.75) is 39.8 Å². The van der Waals surface area contributed by atoms with Gasteiger partial charge in [-0.3, -0.25) is 25.0 Å². The molecule has 9 heteroatoms. The highest BCUT2D eigenvalue weighted by Gasteiger charge is 2.21. The summed E-state index contributed by atoms with van der Waals surface area (Å²) in [5, 5.41) is 12.1. The quantitative estimate of drug-likeness (QED) is 0.706. The van der Waals surface area contributed by atoms with Gasteiger partial charge in [0.25, 0.3) is 0 Å². The fourth-order valence-electron chi connectivity index (χ4n) is 2.51. The lowest BCUT2D eigenvalue weighted by molar-refractivity contribution is -0.121. The first kappa shape index (κ1) is 18.3. The van der Waals surface area contributed by atoms with Gasteiger partial charge in [-0.05, 0) is 27.7 Å². The van der Waals surface area contributed by atoms with Crippen LogP contribution in [0.1, 0.15) is 32.4 Å². The van der Waals surface area contributed by atoms with Crippen LogP contribution in [-0.4, -0.2) is 75.2 Å². The molecule has 0 saturated carbocycles. The van der Waals surface area contributed by atoms with E-state index in [1.807, 2.05) is 32.6 Å². The second-order valence-electron chi connectivity index (χ2n) is 7.14. The molecule has 0 spiro atoms. The van der Waals surface area contributed by atoms with Crippen molar-refractivity contribution < 1.29 is 9.59 Å². The van der Waals surface area contributed by atoms with Crippen LogP contribution in [0, 0.1) is 6.92 Å². The van der Waals surface area contributed by atoms with E-state index in [2.05, 4.69) is 30.7 Å². The maximum atomic E-state index is 11.9. The van der Waals surface area contributed by atoms with E-state index in [1.165, 1.54) is 0 Å². The van der Waals surface area contributed by atoms with Crippen LogP contribution in [0.25, 0.3) is 0 Å². The molecule has 0 atom stereocenters. The van der Waals surface area contributed by atoms with Crippen molar-refractivity contribution in [3.8, 4) is 0 Å². The molecular formula is C15H27N7O2. The molecular weight excluding hydrogens is 310 g/mol. The lowest BCUT2D eigenvalue weighted by Crippen LogP contribution is -2.52. The summed E-state index contributed by atoms with van der Waals surface area (Å²) < 4.78 is 0. The molecule has 9 nitrogen and oxygen atoms in total. The summed E-state index contributed by atoms with van der Waals surface area (Å²) in [6.07, 6.45) is 0. The molecule has 0 bridgehead atoms. The van der Waals surface area contributed by atoms with Crippen molar-refractivity contribution in [3.05, 3.63) is 11.6 Å². The van der Waals surface area contributed by atoms with Crippen molar-refractivity contribution in [1.82, 2.24) is 35.6 Å². The van der Waals surface area contributed by atoms with Crippen LogP contribution in [0.5, 0.6) is 0 Å². The van der Waals surface area contributed by atoms with Crippen LogP contribution in [0.15, 0.2) is 0 Å². The Morgan fingerprint density at radius 3 is 2.33 bits per heavy atom. The molecule has 3 N–H and O–H groups in total. The zero-order valence-electron chi connectivity index (χ0n) is 14.8. The van der Waals surface area contributed by atoms with E-state index in [1.54, 1.807) is 0 Å². The van der Waals surface area contributed by atoms with Gasteiger partial charge < -0.3 is 5.32 Å². The summed E-state index contributed by atoms with van der Waals surface area (Å²) in [4.78, 5) is 32.2. The van der Waals surface area contributed by atoms with Gasteiger partial charge >= 0.3 is 6.03 Å². The summed E-state index contributed by atoms with van der Waals surface area (Å²) >= 11 is 0. The van der Waals surface area contributed by atoms with Crippen molar-refractivity contribution in [2.24, 2.45) is 0 Å². The number of carbonyl (C=O) groups excluding carboxylic acids is 2. The third kappa shape index (κ3) is 6.25. The van der Waals surface area contributed by atoms with Gasteiger partial charge in [0.15, 0.2) is 5.82 Å². The average Bonchev–Trinajstić information content (AvgIpc) is 2.84. The van der Waals surface area contributed by atoms with Gasteiger partial charge in [0.05, 0.1) is 13.1 Å². The molecule has 134 valence electrons. The number of aromatic nitrogens is 3. The van der Waals surface area contributed by atoms with Crippen molar-refractivity contribution in [3.63, 3.8) is 0 Å². The molecule has 24 heavy (non-hydrogen) atoms. The molecule has 1 aromatic heterocycles. The van der Waals surface area contributed by atoms with Gasteiger partial charge in [0.1, 0.15) is 5.82 Å². The standard InChI is InChI=1S/C15H27N7O2/c1-11-16-12(20-19-11)9-21-5-7-22(8-6-21)10-13(23)17-14(24)18-15(2,3)4/h5-10H2,1-4H3,(H,16,19,20)(H2,17,18,23,24). The van der Waals surface area contributed by atoms with E-state index in [0.717, 1.165) is 37.8 Å². The number of amides is 3. The molecule has 1 fully saturated rings. The Morgan fingerprint density at radius 2 is 1.79 bits per heavy atom.